The maximum atomic E-state index is 2.26. The molecule has 0 saturated heterocycles. The molecule has 0 amide bonds. The summed E-state index contributed by atoms with van der Waals surface area (Å²) in [5, 5.41) is 0. The zero-order valence-electron chi connectivity index (χ0n) is 7.80. The van der Waals surface area contributed by atoms with Crippen molar-refractivity contribution >= 4 is 0 Å². The molecule has 0 aromatic heterocycles. The van der Waals surface area contributed by atoms with Gasteiger partial charge in [0.1, 0.15) is 0 Å². The molecule has 0 aromatic rings. The van der Waals surface area contributed by atoms with Crippen molar-refractivity contribution in [2.45, 2.75) is 33.6 Å². The van der Waals surface area contributed by atoms with Crippen LogP contribution in [0.1, 0.15) is 33.6 Å². The summed E-state index contributed by atoms with van der Waals surface area (Å²) in [6.45, 7) is 6.29. The Labute approximate surface area is 70.3 Å². The van der Waals surface area contributed by atoms with Crippen LogP contribution < -0.4 is 0 Å². The first-order chi connectivity index (χ1) is 5.35. The molecule has 0 radical (unpaired) electrons. The first-order valence-electron chi connectivity index (χ1n) is 4.28. The molecule has 0 unspecified atom stereocenters. The molecule has 0 spiro atoms. The minimum atomic E-state index is 1.06. The Bertz CT molecular complexity index is 159. The normalized spacial score (nSPS) is 13.5. The summed E-state index contributed by atoms with van der Waals surface area (Å²) in [4.78, 5) is 0. The highest BCUT2D eigenvalue weighted by molar-refractivity contribution is 5.18. The van der Waals surface area contributed by atoms with Crippen LogP contribution in [0.15, 0.2) is 36.0 Å². The average molecular weight is 150 g/mol. The highest BCUT2D eigenvalue weighted by Gasteiger charge is 1.83. The van der Waals surface area contributed by atoms with E-state index in [1.54, 1.807) is 0 Å². The quantitative estimate of drug-likeness (QED) is 0.421. The zero-order chi connectivity index (χ0) is 8.53. The molecule has 0 rings (SSSR count). The third-order valence-electron chi connectivity index (χ3n) is 1.54. The minimum absolute atomic E-state index is 1.06. The standard InChI is InChI=1S/C11H18/c1-4-7-8-10-11(6-3)9-5-2/h4-5,7,9-10H,6,8H2,1-3H3. The van der Waals surface area contributed by atoms with Gasteiger partial charge in [-0.15, -0.1) is 0 Å². The number of hydrogen-bond acceptors (Lipinski definition) is 0. The predicted octanol–water partition coefficient (Wildman–Crippen LogP) is 3.87. The van der Waals surface area contributed by atoms with E-state index in [4.69, 9.17) is 0 Å². The predicted molar refractivity (Wildman–Crippen MR) is 52.6 cm³/mol. The van der Waals surface area contributed by atoms with Crippen LogP contribution in [-0.2, 0) is 0 Å². The number of rotatable bonds is 4. The molecule has 0 N–H and O–H groups in total. The van der Waals surface area contributed by atoms with Gasteiger partial charge in [0.05, 0.1) is 0 Å². The van der Waals surface area contributed by atoms with Crippen LogP contribution >= 0.6 is 0 Å². The minimum Gasteiger partial charge on any atom is -0.0914 e. The fourth-order valence-electron chi connectivity index (χ4n) is 0.900. The highest BCUT2D eigenvalue weighted by Crippen LogP contribution is 2.04. The summed E-state index contributed by atoms with van der Waals surface area (Å²) in [5.41, 5.74) is 1.42. The van der Waals surface area contributed by atoms with Crippen molar-refractivity contribution in [2.75, 3.05) is 0 Å². The molecular weight excluding hydrogens is 132 g/mol. The number of hydrogen-bond donors (Lipinski definition) is 0. The maximum absolute atomic E-state index is 2.26. The lowest BCUT2D eigenvalue weighted by atomic mass is 10.1. The first-order valence-corrected chi connectivity index (χ1v) is 4.28. The first kappa shape index (κ1) is 10.2. The summed E-state index contributed by atoms with van der Waals surface area (Å²) < 4.78 is 0. The van der Waals surface area contributed by atoms with Gasteiger partial charge in [0.25, 0.3) is 0 Å². The molecule has 0 aliphatic carbocycles. The second kappa shape index (κ2) is 7.33. The Morgan fingerprint density at radius 3 is 2.36 bits per heavy atom. The van der Waals surface area contributed by atoms with Crippen LogP contribution in [0.3, 0.4) is 0 Å². The smallest absolute Gasteiger partial charge is 0.0163 e. The lowest BCUT2D eigenvalue weighted by Crippen LogP contribution is -1.73. The molecule has 0 atom stereocenters. The van der Waals surface area contributed by atoms with Gasteiger partial charge in [0, 0.05) is 0 Å². The summed E-state index contributed by atoms with van der Waals surface area (Å²) in [5.74, 6) is 0. The topological polar surface area (TPSA) is 0 Å². The van der Waals surface area contributed by atoms with Gasteiger partial charge in [-0.2, -0.15) is 0 Å². The highest BCUT2D eigenvalue weighted by atomic mass is 13.9. The van der Waals surface area contributed by atoms with E-state index in [9.17, 15) is 0 Å². The zero-order valence-corrected chi connectivity index (χ0v) is 7.80. The van der Waals surface area contributed by atoms with Crippen LogP contribution in [0.25, 0.3) is 0 Å². The van der Waals surface area contributed by atoms with Gasteiger partial charge in [-0.05, 0) is 26.7 Å². The average Bonchev–Trinajstić information content (AvgIpc) is 2.03. The van der Waals surface area contributed by atoms with Gasteiger partial charge in [0.15, 0.2) is 0 Å². The van der Waals surface area contributed by atoms with Crippen LogP contribution in [0, 0.1) is 0 Å². The van der Waals surface area contributed by atoms with Crippen molar-refractivity contribution in [3.8, 4) is 0 Å². The van der Waals surface area contributed by atoms with Crippen LogP contribution in [0.5, 0.6) is 0 Å². The molecule has 0 aromatic carbocycles. The van der Waals surface area contributed by atoms with Crippen molar-refractivity contribution in [1.82, 2.24) is 0 Å². The van der Waals surface area contributed by atoms with Crippen LogP contribution in [-0.4, -0.2) is 0 Å². The van der Waals surface area contributed by atoms with Crippen molar-refractivity contribution < 1.29 is 0 Å². The Morgan fingerprint density at radius 1 is 1.18 bits per heavy atom. The molecule has 11 heavy (non-hydrogen) atoms. The van der Waals surface area contributed by atoms with Gasteiger partial charge >= 0.3 is 0 Å². The van der Waals surface area contributed by atoms with Crippen molar-refractivity contribution in [3.63, 3.8) is 0 Å². The molecule has 0 heterocycles. The SMILES string of the molecule is CC=CCC=C(C=CC)CC. The lowest BCUT2D eigenvalue weighted by molar-refractivity contribution is 1.12. The molecule has 0 bridgehead atoms. The van der Waals surface area contributed by atoms with Gasteiger partial charge in [-0.25, -0.2) is 0 Å². The molecule has 0 aliphatic rings. The Morgan fingerprint density at radius 2 is 1.91 bits per heavy atom. The van der Waals surface area contributed by atoms with E-state index >= 15 is 0 Å². The largest absolute Gasteiger partial charge is 0.0914 e. The fraction of sp³-hybridized carbons (Fsp3) is 0.455. The Balaban J connectivity index is 3.90. The van der Waals surface area contributed by atoms with E-state index in [1.807, 2.05) is 0 Å². The maximum Gasteiger partial charge on any atom is -0.0163 e. The molecule has 0 saturated carbocycles. The fourth-order valence-corrected chi connectivity index (χ4v) is 0.900. The monoisotopic (exact) mass is 150 g/mol. The molecule has 62 valence electrons. The second-order valence-corrected chi connectivity index (χ2v) is 2.44. The third-order valence-corrected chi connectivity index (χ3v) is 1.54. The lowest BCUT2D eigenvalue weighted by Gasteiger charge is -1.93. The van der Waals surface area contributed by atoms with Crippen molar-refractivity contribution in [2.24, 2.45) is 0 Å². The summed E-state index contributed by atoms with van der Waals surface area (Å²) in [6.07, 6.45) is 13.0. The number of allylic oxidation sites excluding steroid dienone is 6. The van der Waals surface area contributed by atoms with Crippen LogP contribution in [0.2, 0.25) is 0 Å². The molecule has 0 heteroatoms. The van der Waals surface area contributed by atoms with E-state index in [0.717, 1.165) is 12.8 Å². The third kappa shape index (κ3) is 5.65. The Kier molecular flexibility index (Phi) is 6.81. The van der Waals surface area contributed by atoms with Gasteiger partial charge in [0.2, 0.25) is 0 Å². The summed E-state index contributed by atoms with van der Waals surface area (Å²) >= 11 is 0. The molecule has 0 nitrogen and oxygen atoms in total. The van der Waals surface area contributed by atoms with E-state index in [2.05, 4.69) is 51.2 Å². The Hall–Kier alpha value is -0.780. The molecule has 0 fully saturated rings. The summed E-state index contributed by atoms with van der Waals surface area (Å²) in [6, 6.07) is 0. The van der Waals surface area contributed by atoms with Crippen molar-refractivity contribution in [1.29, 1.82) is 0 Å². The molecular formula is C11H18. The van der Waals surface area contributed by atoms with E-state index < -0.39 is 0 Å². The van der Waals surface area contributed by atoms with E-state index in [1.165, 1.54) is 5.57 Å². The van der Waals surface area contributed by atoms with Crippen LogP contribution in [0.4, 0.5) is 0 Å². The van der Waals surface area contributed by atoms with E-state index in [-0.39, 0.29) is 0 Å². The van der Waals surface area contributed by atoms with E-state index in [0.29, 0.717) is 0 Å². The van der Waals surface area contributed by atoms with Gasteiger partial charge in [-0.3, -0.25) is 0 Å². The van der Waals surface area contributed by atoms with Gasteiger partial charge in [-0.1, -0.05) is 42.9 Å². The van der Waals surface area contributed by atoms with Crippen molar-refractivity contribution in [3.05, 3.63) is 36.0 Å². The summed E-state index contributed by atoms with van der Waals surface area (Å²) in [7, 11) is 0. The molecule has 0 aliphatic heterocycles. The second-order valence-electron chi connectivity index (χ2n) is 2.44. The van der Waals surface area contributed by atoms with Gasteiger partial charge < -0.3 is 0 Å².